The van der Waals surface area contributed by atoms with E-state index in [1.807, 2.05) is 0 Å². The molecule has 1 aliphatic carbocycles. The van der Waals surface area contributed by atoms with E-state index in [2.05, 4.69) is 18.6 Å². The zero-order valence-corrected chi connectivity index (χ0v) is 15.7. The first-order valence-corrected chi connectivity index (χ1v) is 9.83. The summed E-state index contributed by atoms with van der Waals surface area (Å²) in [5.41, 5.74) is 0.774. The van der Waals surface area contributed by atoms with Crippen LogP contribution in [0.25, 0.3) is 0 Å². The summed E-state index contributed by atoms with van der Waals surface area (Å²) >= 11 is 0. The van der Waals surface area contributed by atoms with Crippen LogP contribution >= 0.6 is 0 Å². The molecule has 0 amide bonds. The molecule has 5 heteroatoms. The van der Waals surface area contributed by atoms with Crippen molar-refractivity contribution in [1.82, 2.24) is 0 Å². The second-order valence-electron chi connectivity index (χ2n) is 7.78. The SMILES string of the molecule is CCCC(CCCC1CCC(C)CC1)c1ccc(OC(F)(F)F)c(F)c1. The molecule has 1 fully saturated rings. The van der Waals surface area contributed by atoms with Crippen molar-refractivity contribution >= 4 is 0 Å². The number of alkyl halides is 3. The zero-order valence-electron chi connectivity index (χ0n) is 15.7. The van der Waals surface area contributed by atoms with E-state index in [1.54, 1.807) is 6.07 Å². The molecular formula is C21H30F4O. The zero-order chi connectivity index (χ0) is 19.2. The number of ether oxygens (including phenoxy) is 1. The van der Waals surface area contributed by atoms with Crippen molar-refractivity contribution in [3.8, 4) is 5.75 Å². The van der Waals surface area contributed by atoms with Gasteiger partial charge in [-0.15, -0.1) is 13.2 Å². The Kier molecular flexibility index (Phi) is 7.78. The van der Waals surface area contributed by atoms with Crippen LogP contribution in [-0.4, -0.2) is 6.36 Å². The molecule has 1 aromatic carbocycles. The molecule has 0 aliphatic heterocycles. The van der Waals surface area contributed by atoms with Gasteiger partial charge < -0.3 is 4.74 Å². The van der Waals surface area contributed by atoms with E-state index in [0.29, 0.717) is 0 Å². The fourth-order valence-corrected chi connectivity index (χ4v) is 4.08. The number of hydrogen-bond acceptors (Lipinski definition) is 1. The molecule has 1 aromatic rings. The molecule has 1 atom stereocenters. The third kappa shape index (κ3) is 6.81. The highest BCUT2D eigenvalue weighted by Gasteiger charge is 2.32. The van der Waals surface area contributed by atoms with Crippen LogP contribution in [0.4, 0.5) is 17.6 Å². The third-order valence-electron chi connectivity index (χ3n) is 5.59. The van der Waals surface area contributed by atoms with Crippen molar-refractivity contribution in [2.75, 3.05) is 0 Å². The average molecular weight is 374 g/mol. The summed E-state index contributed by atoms with van der Waals surface area (Å²) < 4.78 is 54.6. The predicted molar refractivity (Wildman–Crippen MR) is 95.7 cm³/mol. The van der Waals surface area contributed by atoms with Gasteiger partial charge in [0.05, 0.1) is 0 Å². The molecule has 0 bridgehead atoms. The standard InChI is InChI=1S/C21H30F4O/c1-3-5-17(7-4-6-16-10-8-15(2)9-11-16)18-12-13-20(19(22)14-18)26-21(23,24)25/h12-17H,3-11H2,1-2H3. The molecule has 148 valence electrons. The van der Waals surface area contributed by atoms with Gasteiger partial charge in [-0.2, -0.15) is 0 Å². The lowest BCUT2D eigenvalue weighted by Crippen LogP contribution is -2.18. The maximum atomic E-state index is 14.0. The van der Waals surface area contributed by atoms with E-state index in [1.165, 1.54) is 38.2 Å². The van der Waals surface area contributed by atoms with Crippen LogP contribution in [0.1, 0.15) is 83.1 Å². The van der Waals surface area contributed by atoms with Crippen LogP contribution < -0.4 is 4.74 Å². The fraction of sp³-hybridized carbons (Fsp3) is 0.714. The quantitative estimate of drug-likeness (QED) is 0.426. The molecule has 0 saturated heterocycles. The van der Waals surface area contributed by atoms with Crippen LogP contribution in [0, 0.1) is 17.7 Å². The van der Waals surface area contributed by atoms with Crippen molar-refractivity contribution in [2.24, 2.45) is 11.8 Å². The Hall–Kier alpha value is -1.26. The molecule has 0 spiro atoms. The minimum absolute atomic E-state index is 0.192. The van der Waals surface area contributed by atoms with Gasteiger partial charge in [0.25, 0.3) is 0 Å². The van der Waals surface area contributed by atoms with Gasteiger partial charge in [-0.3, -0.25) is 0 Å². The van der Waals surface area contributed by atoms with Gasteiger partial charge in [-0.05, 0) is 48.3 Å². The Morgan fingerprint density at radius 1 is 1.12 bits per heavy atom. The Morgan fingerprint density at radius 2 is 1.81 bits per heavy atom. The summed E-state index contributed by atoms with van der Waals surface area (Å²) in [5, 5.41) is 0. The lowest BCUT2D eigenvalue weighted by Gasteiger charge is -2.26. The summed E-state index contributed by atoms with van der Waals surface area (Å²) in [7, 11) is 0. The smallest absolute Gasteiger partial charge is 0.403 e. The summed E-state index contributed by atoms with van der Waals surface area (Å²) in [6, 6.07) is 3.89. The normalized spacial score (nSPS) is 22.2. The molecule has 0 N–H and O–H groups in total. The van der Waals surface area contributed by atoms with E-state index >= 15 is 0 Å². The van der Waals surface area contributed by atoms with Crippen molar-refractivity contribution in [2.45, 2.75) is 83.9 Å². The van der Waals surface area contributed by atoms with E-state index < -0.39 is 17.9 Å². The lowest BCUT2D eigenvalue weighted by molar-refractivity contribution is -0.275. The van der Waals surface area contributed by atoms with Crippen LogP contribution in [-0.2, 0) is 0 Å². The molecule has 1 unspecified atom stereocenters. The third-order valence-corrected chi connectivity index (χ3v) is 5.59. The van der Waals surface area contributed by atoms with E-state index in [-0.39, 0.29) is 5.92 Å². The Bertz CT molecular complexity index is 547. The number of hydrogen-bond donors (Lipinski definition) is 0. The molecule has 1 nitrogen and oxygen atoms in total. The first-order chi connectivity index (χ1) is 12.3. The minimum Gasteiger partial charge on any atom is -0.403 e. The average Bonchev–Trinajstić information content (AvgIpc) is 2.56. The Balaban J connectivity index is 1.92. The second-order valence-corrected chi connectivity index (χ2v) is 7.78. The van der Waals surface area contributed by atoms with E-state index in [0.717, 1.165) is 49.1 Å². The number of benzene rings is 1. The molecule has 0 heterocycles. The van der Waals surface area contributed by atoms with Gasteiger partial charge >= 0.3 is 6.36 Å². The van der Waals surface area contributed by atoms with Crippen molar-refractivity contribution in [3.05, 3.63) is 29.6 Å². The molecule has 2 rings (SSSR count). The van der Waals surface area contributed by atoms with Gasteiger partial charge in [-0.25, -0.2) is 4.39 Å². The van der Waals surface area contributed by atoms with Crippen LogP contribution in [0.2, 0.25) is 0 Å². The van der Waals surface area contributed by atoms with Gasteiger partial charge in [0.1, 0.15) is 0 Å². The van der Waals surface area contributed by atoms with Crippen LogP contribution in [0.15, 0.2) is 18.2 Å². The monoisotopic (exact) mass is 374 g/mol. The highest BCUT2D eigenvalue weighted by atomic mass is 19.4. The highest BCUT2D eigenvalue weighted by Crippen LogP contribution is 2.35. The minimum atomic E-state index is -4.87. The van der Waals surface area contributed by atoms with Gasteiger partial charge in [0.2, 0.25) is 0 Å². The summed E-state index contributed by atoms with van der Waals surface area (Å²) in [6.07, 6.45) is 5.49. The lowest BCUT2D eigenvalue weighted by atomic mass is 9.79. The molecule has 1 aliphatic rings. The Labute approximate surface area is 154 Å². The van der Waals surface area contributed by atoms with Crippen LogP contribution in [0.5, 0.6) is 5.75 Å². The van der Waals surface area contributed by atoms with E-state index in [4.69, 9.17) is 0 Å². The molecule has 0 radical (unpaired) electrons. The van der Waals surface area contributed by atoms with E-state index in [9.17, 15) is 17.6 Å². The topological polar surface area (TPSA) is 9.23 Å². The first kappa shape index (κ1) is 21.0. The maximum Gasteiger partial charge on any atom is 0.573 e. The second kappa shape index (κ2) is 9.61. The number of rotatable bonds is 8. The van der Waals surface area contributed by atoms with Crippen LogP contribution in [0.3, 0.4) is 0 Å². The fourth-order valence-electron chi connectivity index (χ4n) is 4.08. The molecular weight excluding hydrogens is 344 g/mol. The molecule has 0 aromatic heterocycles. The largest absolute Gasteiger partial charge is 0.573 e. The Morgan fingerprint density at radius 3 is 2.38 bits per heavy atom. The highest BCUT2D eigenvalue weighted by molar-refractivity contribution is 5.31. The summed E-state index contributed by atoms with van der Waals surface area (Å²) in [6.45, 7) is 4.39. The van der Waals surface area contributed by atoms with Gasteiger partial charge in [-0.1, -0.05) is 64.9 Å². The first-order valence-electron chi connectivity index (χ1n) is 9.83. The van der Waals surface area contributed by atoms with Gasteiger partial charge in [0, 0.05) is 0 Å². The predicted octanol–water partition coefficient (Wildman–Crippen LogP) is 7.60. The number of halogens is 4. The van der Waals surface area contributed by atoms with Crippen molar-refractivity contribution in [1.29, 1.82) is 0 Å². The van der Waals surface area contributed by atoms with Gasteiger partial charge in [0.15, 0.2) is 11.6 Å². The molecule has 26 heavy (non-hydrogen) atoms. The maximum absolute atomic E-state index is 14.0. The summed E-state index contributed by atoms with van der Waals surface area (Å²) in [4.78, 5) is 0. The molecule has 1 saturated carbocycles. The van der Waals surface area contributed by atoms with Crippen molar-refractivity contribution in [3.63, 3.8) is 0 Å². The van der Waals surface area contributed by atoms with Crippen molar-refractivity contribution < 1.29 is 22.3 Å². The summed E-state index contributed by atoms with van der Waals surface area (Å²) in [5.74, 6) is 0.138.